The smallest absolute Gasteiger partial charge is 0.0571 e. The Kier molecular flexibility index (Phi) is 6.04. The molecule has 4 fully saturated rings. The first-order valence-corrected chi connectivity index (χ1v) is 11.1. The molecule has 144 valence electrons. The number of ether oxygens (including phenoxy) is 2. The minimum absolute atomic E-state index is 0.541. The Labute approximate surface area is 154 Å². The summed E-state index contributed by atoms with van der Waals surface area (Å²) in [6.07, 6.45) is 16.3. The Morgan fingerprint density at radius 1 is 0.680 bits per heavy atom. The third-order valence-corrected chi connectivity index (χ3v) is 8.33. The topological polar surface area (TPSA) is 21.7 Å². The Bertz CT molecular complexity index is 412. The molecule has 0 spiro atoms. The lowest BCUT2D eigenvalue weighted by Crippen LogP contribution is -2.50. The maximum atomic E-state index is 5.63. The van der Waals surface area contributed by atoms with Crippen LogP contribution in [0.25, 0.3) is 0 Å². The van der Waals surface area contributed by atoms with Crippen molar-refractivity contribution in [2.24, 2.45) is 23.7 Å². The first kappa shape index (κ1) is 18.3. The van der Waals surface area contributed by atoms with Crippen LogP contribution in [0.2, 0.25) is 0 Å². The van der Waals surface area contributed by atoms with E-state index in [-0.39, 0.29) is 0 Å². The number of methoxy groups -OCH3 is 2. The van der Waals surface area contributed by atoms with Gasteiger partial charge in [0.15, 0.2) is 0 Å². The molecule has 3 nitrogen and oxygen atoms in total. The van der Waals surface area contributed by atoms with Crippen LogP contribution in [0, 0.1) is 23.7 Å². The standard InChI is InChI=1S/C22H39NO2/c1-24-19-9-5-16(6-10-19)18-14-21(22-4-3-13-23(22)15-18)17-7-11-20(25-2)12-8-17/h16-22H,3-15H2,1-2H3. The van der Waals surface area contributed by atoms with Crippen LogP contribution in [0.1, 0.15) is 70.6 Å². The zero-order valence-electron chi connectivity index (χ0n) is 16.5. The fourth-order valence-electron chi connectivity index (χ4n) is 6.84. The van der Waals surface area contributed by atoms with E-state index in [0.29, 0.717) is 12.2 Å². The Hall–Kier alpha value is -0.120. The zero-order chi connectivity index (χ0) is 17.2. The van der Waals surface area contributed by atoms with Crippen LogP contribution < -0.4 is 0 Å². The predicted molar refractivity (Wildman–Crippen MR) is 102 cm³/mol. The summed E-state index contributed by atoms with van der Waals surface area (Å²) in [6, 6.07) is 0.913. The number of piperidine rings is 1. The molecule has 0 aromatic carbocycles. The molecular formula is C22H39NO2. The molecule has 0 bridgehead atoms. The summed E-state index contributed by atoms with van der Waals surface area (Å²) < 4.78 is 11.2. The Morgan fingerprint density at radius 3 is 1.88 bits per heavy atom. The molecule has 2 aliphatic heterocycles. The molecule has 3 atom stereocenters. The fraction of sp³-hybridized carbons (Fsp3) is 1.00. The molecule has 3 heteroatoms. The molecule has 2 heterocycles. The third kappa shape index (κ3) is 3.94. The first-order chi connectivity index (χ1) is 12.3. The molecule has 0 N–H and O–H groups in total. The molecule has 0 radical (unpaired) electrons. The monoisotopic (exact) mass is 349 g/mol. The highest BCUT2D eigenvalue weighted by molar-refractivity contribution is 4.97. The molecule has 0 amide bonds. The molecule has 25 heavy (non-hydrogen) atoms. The van der Waals surface area contributed by atoms with Crippen molar-refractivity contribution in [1.29, 1.82) is 0 Å². The van der Waals surface area contributed by atoms with Gasteiger partial charge >= 0.3 is 0 Å². The summed E-state index contributed by atoms with van der Waals surface area (Å²) in [5.74, 6) is 3.86. The van der Waals surface area contributed by atoms with Gasteiger partial charge in [0.2, 0.25) is 0 Å². The van der Waals surface area contributed by atoms with Gasteiger partial charge in [0, 0.05) is 26.8 Å². The van der Waals surface area contributed by atoms with Crippen molar-refractivity contribution in [1.82, 2.24) is 4.90 Å². The van der Waals surface area contributed by atoms with Crippen molar-refractivity contribution in [3.63, 3.8) is 0 Å². The maximum absolute atomic E-state index is 5.63. The van der Waals surface area contributed by atoms with Crippen LogP contribution >= 0.6 is 0 Å². The van der Waals surface area contributed by atoms with E-state index in [1.165, 1.54) is 83.7 Å². The number of fused-ring (bicyclic) bond motifs is 1. The van der Waals surface area contributed by atoms with Crippen LogP contribution in [0.5, 0.6) is 0 Å². The Morgan fingerprint density at radius 2 is 1.28 bits per heavy atom. The van der Waals surface area contributed by atoms with Crippen molar-refractivity contribution < 1.29 is 9.47 Å². The zero-order valence-corrected chi connectivity index (χ0v) is 16.5. The quantitative estimate of drug-likeness (QED) is 0.746. The Balaban J connectivity index is 1.40. The molecule has 2 saturated carbocycles. The van der Waals surface area contributed by atoms with Gasteiger partial charge in [-0.2, -0.15) is 0 Å². The summed E-state index contributed by atoms with van der Waals surface area (Å²) in [6.45, 7) is 2.77. The molecule has 4 aliphatic rings. The van der Waals surface area contributed by atoms with E-state index in [2.05, 4.69) is 4.90 Å². The minimum Gasteiger partial charge on any atom is -0.381 e. The van der Waals surface area contributed by atoms with Crippen molar-refractivity contribution in [3.05, 3.63) is 0 Å². The van der Waals surface area contributed by atoms with Gasteiger partial charge in [-0.15, -0.1) is 0 Å². The summed E-state index contributed by atoms with van der Waals surface area (Å²) in [4.78, 5) is 2.91. The first-order valence-electron chi connectivity index (χ1n) is 11.1. The van der Waals surface area contributed by atoms with E-state index in [1.807, 2.05) is 14.2 Å². The summed E-state index contributed by atoms with van der Waals surface area (Å²) in [7, 11) is 3.80. The number of hydrogen-bond donors (Lipinski definition) is 0. The van der Waals surface area contributed by atoms with Crippen molar-refractivity contribution in [2.45, 2.75) is 88.9 Å². The minimum atomic E-state index is 0.541. The highest BCUT2D eigenvalue weighted by Gasteiger charge is 2.44. The summed E-state index contributed by atoms with van der Waals surface area (Å²) in [5, 5.41) is 0. The summed E-state index contributed by atoms with van der Waals surface area (Å²) in [5.41, 5.74) is 0. The third-order valence-electron chi connectivity index (χ3n) is 8.33. The van der Waals surface area contributed by atoms with E-state index in [9.17, 15) is 0 Å². The highest BCUT2D eigenvalue weighted by Crippen LogP contribution is 2.47. The number of nitrogens with zero attached hydrogens (tertiary/aromatic N) is 1. The predicted octanol–water partition coefficient (Wildman–Crippen LogP) is 4.50. The second-order valence-electron chi connectivity index (χ2n) is 9.41. The number of rotatable bonds is 4. The fourth-order valence-corrected chi connectivity index (χ4v) is 6.84. The normalized spacial score (nSPS) is 46.1. The molecular weight excluding hydrogens is 310 g/mol. The van der Waals surface area contributed by atoms with Crippen LogP contribution in [0.15, 0.2) is 0 Å². The lowest BCUT2D eigenvalue weighted by atomic mass is 9.66. The van der Waals surface area contributed by atoms with Crippen LogP contribution in [-0.2, 0) is 9.47 Å². The highest BCUT2D eigenvalue weighted by atomic mass is 16.5. The van der Waals surface area contributed by atoms with E-state index in [4.69, 9.17) is 9.47 Å². The molecule has 2 saturated heterocycles. The second-order valence-corrected chi connectivity index (χ2v) is 9.41. The van der Waals surface area contributed by atoms with Gasteiger partial charge in [0.05, 0.1) is 12.2 Å². The lowest BCUT2D eigenvalue weighted by molar-refractivity contribution is -0.0173. The summed E-state index contributed by atoms with van der Waals surface area (Å²) >= 11 is 0. The average molecular weight is 350 g/mol. The lowest BCUT2D eigenvalue weighted by Gasteiger charge is -2.48. The van der Waals surface area contributed by atoms with E-state index >= 15 is 0 Å². The maximum Gasteiger partial charge on any atom is 0.0571 e. The van der Waals surface area contributed by atoms with Gasteiger partial charge in [-0.25, -0.2) is 0 Å². The van der Waals surface area contributed by atoms with E-state index in [0.717, 1.165) is 29.7 Å². The average Bonchev–Trinajstić information content (AvgIpc) is 3.16. The van der Waals surface area contributed by atoms with Gasteiger partial charge < -0.3 is 9.47 Å². The SMILES string of the molecule is COC1CCC(C2CC(C3CCC(OC)CC3)C3CCCN3C2)CC1. The van der Waals surface area contributed by atoms with Gasteiger partial charge in [0.25, 0.3) is 0 Å². The second kappa shape index (κ2) is 8.27. The molecule has 2 aliphatic carbocycles. The molecule has 4 rings (SSSR count). The molecule has 3 unspecified atom stereocenters. The van der Waals surface area contributed by atoms with Gasteiger partial charge in [0.1, 0.15) is 0 Å². The van der Waals surface area contributed by atoms with E-state index in [1.54, 1.807) is 0 Å². The molecule has 0 aromatic heterocycles. The van der Waals surface area contributed by atoms with Gasteiger partial charge in [-0.05, 0) is 101 Å². The molecule has 0 aromatic rings. The van der Waals surface area contributed by atoms with Gasteiger partial charge in [-0.1, -0.05) is 0 Å². The number of hydrogen-bond acceptors (Lipinski definition) is 3. The van der Waals surface area contributed by atoms with Crippen molar-refractivity contribution in [3.8, 4) is 0 Å². The largest absolute Gasteiger partial charge is 0.381 e. The van der Waals surface area contributed by atoms with Crippen molar-refractivity contribution in [2.75, 3.05) is 27.3 Å². The van der Waals surface area contributed by atoms with Crippen LogP contribution in [0.3, 0.4) is 0 Å². The van der Waals surface area contributed by atoms with E-state index < -0.39 is 0 Å². The van der Waals surface area contributed by atoms with Gasteiger partial charge in [-0.3, -0.25) is 4.90 Å². The van der Waals surface area contributed by atoms with Crippen LogP contribution in [0.4, 0.5) is 0 Å². The van der Waals surface area contributed by atoms with Crippen molar-refractivity contribution >= 4 is 0 Å². The van der Waals surface area contributed by atoms with Crippen LogP contribution in [-0.4, -0.2) is 50.5 Å².